The van der Waals surface area contributed by atoms with Crippen LogP contribution in [0.1, 0.15) is 29.3 Å². The van der Waals surface area contributed by atoms with Gasteiger partial charge in [-0.3, -0.25) is 9.59 Å². The Morgan fingerprint density at radius 3 is 2.62 bits per heavy atom. The molecule has 2 atom stereocenters. The van der Waals surface area contributed by atoms with E-state index in [0.717, 1.165) is 5.56 Å². The highest BCUT2D eigenvalue weighted by Crippen LogP contribution is 2.27. The lowest BCUT2D eigenvalue weighted by molar-refractivity contribution is -0.142. The van der Waals surface area contributed by atoms with E-state index in [2.05, 4.69) is 0 Å². The molecule has 136 valence electrons. The highest BCUT2D eigenvalue weighted by molar-refractivity contribution is 6.30. The Bertz CT molecular complexity index is 806. The van der Waals surface area contributed by atoms with Gasteiger partial charge in [0.2, 0.25) is 0 Å². The van der Waals surface area contributed by atoms with Crippen molar-refractivity contribution in [2.24, 2.45) is 5.92 Å². The molecule has 1 heterocycles. The van der Waals surface area contributed by atoms with Crippen molar-refractivity contribution < 1.29 is 19.4 Å². The number of nitrogens with zero attached hydrogens (tertiary/aromatic N) is 1. The van der Waals surface area contributed by atoms with Gasteiger partial charge in [0.15, 0.2) is 0 Å². The number of benzene rings is 2. The van der Waals surface area contributed by atoms with E-state index in [-0.39, 0.29) is 11.9 Å². The van der Waals surface area contributed by atoms with Crippen LogP contribution in [0.15, 0.2) is 48.5 Å². The molecular formula is C20H20ClNO4. The summed E-state index contributed by atoms with van der Waals surface area (Å²) in [6.07, 6.45) is 0.481. The largest absolute Gasteiger partial charge is 0.489 e. The van der Waals surface area contributed by atoms with E-state index in [1.54, 1.807) is 48.2 Å². The third kappa shape index (κ3) is 3.99. The summed E-state index contributed by atoms with van der Waals surface area (Å²) in [5.41, 5.74) is 1.47. The molecule has 0 aromatic heterocycles. The van der Waals surface area contributed by atoms with Gasteiger partial charge in [-0.1, -0.05) is 29.8 Å². The molecule has 0 saturated carbocycles. The van der Waals surface area contributed by atoms with Crippen molar-refractivity contribution in [3.05, 3.63) is 64.7 Å². The maximum absolute atomic E-state index is 12.8. The van der Waals surface area contributed by atoms with Gasteiger partial charge in [-0.15, -0.1) is 0 Å². The van der Waals surface area contributed by atoms with Crippen LogP contribution in [-0.2, 0) is 11.4 Å². The average molecular weight is 374 g/mol. The minimum Gasteiger partial charge on any atom is -0.489 e. The van der Waals surface area contributed by atoms with Gasteiger partial charge in [-0.05, 0) is 49.2 Å². The number of halogens is 1. The Morgan fingerprint density at radius 1 is 1.23 bits per heavy atom. The molecule has 0 spiro atoms. The van der Waals surface area contributed by atoms with Crippen LogP contribution in [0.5, 0.6) is 5.75 Å². The molecule has 26 heavy (non-hydrogen) atoms. The summed E-state index contributed by atoms with van der Waals surface area (Å²) in [4.78, 5) is 25.6. The van der Waals surface area contributed by atoms with E-state index < -0.39 is 11.9 Å². The molecule has 0 radical (unpaired) electrons. The van der Waals surface area contributed by atoms with Gasteiger partial charge in [0.25, 0.3) is 5.91 Å². The number of amides is 1. The summed E-state index contributed by atoms with van der Waals surface area (Å²) in [6.45, 7) is 2.60. The Balaban J connectivity index is 1.68. The number of carbonyl (C=O) groups excluding carboxylic acids is 1. The number of carboxylic acid groups (broad SMARTS) is 1. The summed E-state index contributed by atoms with van der Waals surface area (Å²) < 4.78 is 5.76. The summed E-state index contributed by atoms with van der Waals surface area (Å²) in [7, 11) is 0. The Hall–Kier alpha value is -2.53. The molecule has 6 heteroatoms. The molecule has 2 unspecified atom stereocenters. The highest BCUT2D eigenvalue weighted by atomic mass is 35.5. The molecule has 3 rings (SSSR count). The van der Waals surface area contributed by atoms with Crippen molar-refractivity contribution in [1.82, 2.24) is 4.90 Å². The number of likely N-dealkylation sites (tertiary alicyclic amines) is 1. The molecule has 1 amide bonds. The van der Waals surface area contributed by atoms with Crippen molar-refractivity contribution in [1.29, 1.82) is 0 Å². The van der Waals surface area contributed by atoms with Crippen molar-refractivity contribution in [2.45, 2.75) is 26.0 Å². The topological polar surface area (TPSA) is 66.8 Å². The molecule has 2 aromatic carbocycles. The van der Waals surface area contributed by atoms with E-state index in [9.17, 15) is 14.7 Å². The molecule has 1 saturated heterocycles. The first kappa shape index (κ1) is 18.3. The summed E-state index contributed by atoms with van der Waals surface area (Å²) in [5, 5.41) is 9.89. The van der Waals surface area contributed by atoms with Crippen LogP contribution in [0.25, 0.3) is 0 Å². The van der Waals surface area contributed by atoms with Gasteiger partial charge >= 0.3 is 5.97 Å². The first-order valence-corrected chi connectivity index (χ1v) is 8.84. The van der Waals surface area contributed by atoms with Crippen molar-refractivity contribution in [3.8, 4) is 5.75 Å². The molecule has 1 N–H and O–H groups in total. The first-order valence-electron chi connectivity index (χ1n) is 8.47. The second-order valence-corrected chi connectivity index (χ2v) is 6.85. The predicted molar refractivity (Wildman–Crippen MR) is 98.5 cm³/mol. The van der Waals surface area contributed by atoms with E-state index in [4.69, 9.17) is 16.3 Å². The SMILES string of the molecule is CC1C(C(=O)O)CCN1C(=O)c1cccc(OCc2ccc(Cl)cc2)c1. The molecule has 0 aliphatic carbocycles. The van der Waals surface area contributed by atoms with Gasteiger partial charge < -0.3 is 14.7 Å². The summed E-state index contributed by atoms with van der Waals surface area (Å²) in [5.74, 6) is -0.943. The molecular weight excluding hydrogens is 354 g/mol. The van der Waals surface area contributed by atoms with Crippen molar-refractivity contribution in [2.75, 3.05) is 6.54 Å². The molecule has 2 aromatic rings. The van der Waals surface area contributed by atoms with Crippen LogP contribution in [-0.4, -0.2) is 34.5 Å². The van der Waals surface area contributed by atoms with Gasteiger partial charge in [0.05, 0.1) is 5.92 Å². The van der Waals surface area contributed by atoms with Crippen LogP contribution in [0.3, 0.4) is 0 Å². The number of aliphatic carboxylic acids is 1. The normalized spacial score (nSPS) is 19.4. The lowest BCUT2D eigenvalue weighted by Gasteiger charge is -2.23. The number of hydrogen-bond donors (Lipinski definition) is 1. The second-order valence-electron chi connectivity index (χ2n) is 6.42. The number of rotatable bonds is 5. The van der Waals surface area contributed by atoms with Crippen LogP contribution >= 0.6 is 11.6 Å². The maximum atomic E-state index is 12.8. The highest BCUT2D eigenvalue weighted by Gasteiger charge is 2.38. The zero-order valence-electron chi connectivity index (χ0n) is 14.4. The van der Waals surface area contributed by atoms with Crippen LogP contribution in [0.4, 0.5) is 0 Å². The number of carboxylic acids is 1. The first-order chi connectivity index (χ1) is 12.5. The summed E-state index contributed by atoms with van der Waals surface area (Å²) in [6, 6.07) is 14.0. The molecule has 1 aliphatic rings. The summed E-state index contributed by atoms with van der Waals surface area (Å²) >= 11 is 5.87. The van der Waals surface area contributed by atoms with Crippen molar-refractivity contribution >= 4 is 23.5 Å². The van der Waals surface area contributed by atoms with Gasteiger partial charge in [-0.25, -0.2) is 0 Å². The van der Waals surface area contributed by atoms with E-state index in [1.165, 1.54) is 0 Å². The van der Waals surface area contributed by atoms with Crippen LogP contribution in [0, 0.1) is 5.92 Å². The van der Waals surface area contributed by atoms with E-state index in [0.29, 0.717) is 35.9 Å². The second kappa shape index (κ2) is 7.79. The standard InChI is InChI=1S/C20H20ClNO4/c1-13-18(20(24)25)9-10-22(13)19(23)15-3-2-4-17(11-15)26-12-14-5-7-16(21)8-6-14/h2-8,11,13,18H,9-10,12H2,1H3,(H,24,25). The maximum Gasteiger partial charge on any atom is 0.308 e. The fraction of sp³-hybridized carbons (Fsp3) is 0.300. The third-order valence-corrected chi connectivity index (χ3v) is 4.98. The van der Waals surface area contributed by atoms with Crippen molar-refractivity contribution in [3.63, 3.8) is 0 Å². The molecule has 0 bridgehead atoms. The van der Waals surface area contributed by atoms with Crippen LogP contribution < -0.4 is 4.74 Å². The predicted octanol–water partition coefficient (Wildman–Crippen LogP) is 3.85. The molecule has 1 fully saturated rings. The number of hydrogen-bond acceptors (Lipinski definition) is 3. The quantitative estimate of drug-likeness (QED) is 0.864. The van der Waals surface area contributed by atoms with Gasteiger partial charge in [-0.2, -0.15) is 0 Å². The Labute approximate surface area is 157 Å². The monoisotopic (exact) mass is 373 g/mol. The smallest absolute Gasteiger partial charge is 0.308 e. The van der Waals surface area contributed by atoms with E-state index >= 15 is 0 Å². The molecule has 1 aliphatic heterocycles. The Morgan fingerprint density at radius 2 is 1.96 bits per heavy atom. The lowest BCUT2D eigenvalue weighted by atomic mass is 10.0. The van der Waals surface area contributed by atoms with Gasteiger partial charge in [0, 0.05) is 23.2 Å². The number of ether oxygens (including phenoxy) is 1. The minimum absolute atomic E-state index is 0.168. The minimum atomic E-state index is -0.854. The number of carbonyl (C=O) groups is 2. The third-order valence-electron chi connectivity index (χ3n) is 4.73. The fourth-order valence-corrected chi connectivity index (χ4v) is 3.31. The Kier molecular flexibility index (Phi) is 5.47. The van der Waals surface area contributed by atoms with Gasteiger partial charge in [0.1, 0.15) is 12.4 Å². The average Bonchev–Trinajstić information content (AvgIpc) is 3.02. The van der Waals surface area contributed by atoms with E-state index in [1.807, 2.05) is 12.1 Å². The van der Waals surface area contributed by atoms with Crippen LogP contribution in [0.2, 0.25) is 5.02 Å². The fourth-order valence-electron chi connectivity index (χ4n) is 3.19. The zero-order chi connectivity index (χ0) is 18.7. The molecule has 5 nitrogen and oxygen atoms in total. The lowest BCUT2D eigenvalue weighted by Crippen LogP contribution is -2.37. The zero-order valence-corrected chi connectivity index (χ0v) is 15.1.